The summed E-state index contributed by atoms with van der Waals surface area (Å²) in [5.74, 6) is 0. The van der Waals surface area contributed by atoms with Crippen molar-refractivity contribution < 1.29 is 18.9 Å². The summed E-state index contributed by atoms with van der Waals surface area (Å²) in [7, 11) is -5.13. The Hall–Kier alpha value is 0.540. The molecular formula is C23H54O4P2. The maximum atomic E-state index is 9.86. The number of phosphoric ester groups is 1. The predicted octanol–water partition coefficient (Wildman–Crippen LogP) is 8.00. The van der Waals surface area contributed by atoms with Crippen molar-refractivity contribution in [2.24, 2.45) is 0 Å². The Labute approximate surface area is 183 Å². The van der Waals surface area contributed by atoms with Crippen LogP contribution in [0.3, 0.4) is 0 Å². The standard InChI is InChI=1S/C20H45P.C3H9O4P/c1-5-9-13-17-21(18-14-10-6-2,19-15-11-7-3)20-16-12-8-4;1-2-3-7-8(4,5)6/h21H,5-20H2,1-4H3;2-3H2,1H3,(H2,4,5,6). The van der Waals surface area contributed by atoms with E-state index < -0.39 is 15.1 Å². The molecule has 2 N–H and O–H groups in total. The van der Waals surface area contributed by atoms with Crippen molar-refractivity contribution in [3.05, 3.63) is 0 Å². The van der Waals surface area contributed by atoms with Gasteiger partial charge in [-0.1, -0.05) is 6.92 Å². The van der Waals surface area contributed by atoms with Crippen molar-refractivity contribution in [1.29, 1.82) is 0 Å². The minimum atomic E-state index is -4.18. The average Bonchev–Trinajstić information content (AvgIpc) is 2.67. The van der Waals surface area contributed by atoms with Crippen molar-refractivity contribution in [2.45, 2.75) is 118 Å². The number of rotatable bonds is 19. The Morgan fingerprint density at radius 1 is 0.586 bits per heavy atom. The van der Waals surface area contributed by atoms with Gasteiger partial charge in [0, 0.05) is 0 Å². The molecule has 0 spiro atoms. The fraction of sp³-hybridized carbons (Fsp3) is 1.00. The zero-order valence-electron chi connectivity index (χ0n) is 20.4. The minimum absolute atomic E-state index is 0.115. The van der Waals surface area contributed by atoms with E-state index in [1.54, 1.807) is 31.6 Å². The monoisotopic (exact) mass is 456 g/mol. The third-order valence-corrected chi connectivity index (χ3v) is 11.9. The van der Waals surface area contributed by atoms with E-state index in [1.807, 2.05) is 0 Å². The van der Waals surface area contributed by atoms with Crippen LogP contribution in [0.25, 0.3) is 0 Å². The molecule has 0 aliphatic carbocycles. The molecule has 0 aromatic heterocycles. The predicted molar refractivity (Wildman–Crippen MR) is 134 cm³/mol. The van der Waals surface area contributed by atoms with Crippen LogP contribution in [-0.2, 0) is 9.09 Å². The molecule has 0 atom stereocenters. The van der Waals surface area contributed by atoms with Gasteiger partial charge in [-0.2, -0.15) is 0 Å². The van der Waals surface area contributed by atoms with E-state index in [0.29, 0.717) is 6.42 Å². The molecule has 0 saturated heterocycles. The van der Waals surface area contributed by atoms with Gasteiger partial charge in [0.15, 0.2) is 0 Å². The summed E-state index contributed by atoms with van der Waals surface area (Å²) in [4.78, 5) is 16.1. The molecule has 0 radical (unpaired) electrons. The summed E-state index contributed by atoms with van der Waals surface area (Å²) in [6.45, 7) is 11.3. The molecule has 0 aliphatic rings. The topological polar surface area (TPSA) is 66.8 Å². The molecule has 0 unspecified atom stereocenters. The molecule has 0 amide bonds. The molecule has 180 valence electrons. The van der Waals surface area contributed by atoms with Gasteiger partial charge in [-0.05, 0) is 6.42 Å². The van der Waals surface area contributed by atoms with Crippen LogP contribution < -0.4 is 0 Å². The summed E-state index contributed by atoms with van der Waals surface area (Å²) < 4.78 is 13.9. The number of unbranched alkanes of at least 4 members (excludes halogenated alkanes) is 8. The molecule has 0 aliphatic heterocycles. The molecule has 0 saturated carbocycles. The van der Waals surface area contributed by atoms with Gasteiger partial charge in [0.25, 0.3) is 0 Å². The third-order valence-electron chi connectivity index (χ3n) is 5.71. The van der Waals surface area contributed by atoms with Crippen LogP contribution in [-0.4, -0.2) is 41.0 Å². The van der Waals surface area contributed by atoms with Crippen molar-refractivity contribution >= 4 is 15.1 Å². The quantitative estimate of drug-likeness (QED) is 0.153. The van der Waals surface area contributed by atoms with Crippen molar-refractivity contribution in [3.63, 3.8) is 0 Å². The molecule has 6 heteroatoms. The van der Waals surface area contributed by atoms with E-state index in [9.17, 15) is 4.57 Å². The molecule has 0 aromatic carbocycles. The first-order valence-corrected chi connectivity index (χ1v) is 16.9. The largest absolute Gasteiger partial charge is 0.469 e. The summed E-state index contributed by atoms with van der Waals surface area (Å²) in [6, 6.07) is 0. The Balaban J connectivity index is 0. The Morgan fingerprint density at radius 2 is 0.897 bits per heavy atom. The van der Waals surface area contributed by atoms with Gasteiger partial charge in [0.05, 0.1) is 6.61 Å². The molecule has 0 heterocycles. The normalized spacial score (nSPS) is 12.5. The van der Waals surface area contributed by atoms with Crippen LogP contribution in [0.2, 0.25) is 0 Å². The Bertz CT molecular complexity index is 326. The second kappa shape index (κ2) is 21.8. The molecule has 0 rings (SSSR count). The molecule has 4 nitrogen and oxygen atoms in total. The van der Waals surface area contributed by atoms with E-state index >= 15 is 0 Å². The second-order valence-electron chi connectivity index (χ2n) is 8.65. The summed E-state index contributed by atoms with van der Waals surface area (Å²) in [6.07, 6.45) is 24.8. The van der Waals surface area contributed by atoms with Crippen LogP contribution in [0.5, 0.6) is 0 Å². The van der Waals surface area contributed by atoms with Crippen molar-refractivity contribution in [2.75, 3.05) is 31.3 Å². The Kier molecular flexibility index (Phi) is 23.8. The fourth-order valence-electron chi connectivity index (χ4n) is 3.96. The zero-order chi connectivity index (χ0) is 22.4. The van der Waals surface area contributed by atoms with E-state index in [-0.39, 0.29) is 6.61 Å². The fourth-order valence-corrected chi connectivity index (χ4v) is 9.88. The first-order chi connectivity index (χ1) is 13.8. The second-order valence-corrected chi connectivity index (χ2v) is 14.9. The number of hydrogen-bond acceptors (Lipinski definition) is 2. The summed E-state index contributed by atoms with van der Waals surface area (Å²) in [5, 5.41) is 0. The third kappa shape index (κ3) is 23.0. The smallest absolute Gasteiger partial charge is 0.303 e. The molecular weight excluding hydrogens is 402 g/mol. The molecule has 0 fully saturated rings. The summed E-state index contributed by atoms with van der Waals surface area (Å²) >= 11 is 0. The molecule has 0 aromatic rings. The van der Waals surface area contributed by atoms with Crippen LogP contribution >= 0.6 is 15.1 Å². The average molecular weight is 457 g/mol. The van der Waals surface area contributed by atoms with Gasteiger partial charge in [0.1, 0.15) is 0 Å². The van der Waals surface area contributed by atoms with Crippen LogP contribution in [0.1, 0.15) is 118 Å². The number of hydrogen-bond donors (Lipinski definition) is 2. The van der Waals surface area contributed by atoms with Gasteiger partial charge in [-0.3, -0.25) is 4.52 Å². The minimum Gasteiger partial charge on any atom is -0.303 e. The summed E-state index contributed by atoms with van der Waals surface area (Å²) in [5.41, 5.74) is 0. The van der Waals surface area contributed by atoms with Crippen LogP contribution in [0, 0.1) is 0 Å². The van der Waals surface area contributed by atoms with Gasteiger partial charge < -0.3 is 9.79 Å². The van der Waals surface area contributed by atoms with Gasteiger partial charge in [-0.25, -0.2) is 4.57 Å². The number of phosphoric acid groups is 1. The van der Waals surface area contributed by atoms with E-state index in [4.69, 9.17) is 9.79 Å². The SMILES string of the molecule is CCCCC[PH](CCCCC)(CCCCC)CCCCC.CCCOP(=O)(O)O. The van der Waals surface area contributed by atoms with E-state index in [2.05, 4.69) is 32.2 Å². The van der Waals surface area contributed by atoms with Crippen LogP contribution in [0.4, 0.5) is 0 Å². The molecule has 0 bridgehead atoms. The van der Waals surface area contributed by atoms with Gasteiger partial charge >= 0.3 is 144 Å². The van der Waals surface area contributed by atoms with E-state index in [1.165, 1.54) is 77.0 Å². The van der Waals surface area contributed by atoms with Gasteiger partial charge in [-0.15, -0.1) is 0 Å². The maximum Gasteiger partial charge on any atom is 0.469 e. The first kappa shape index (κ1) is 31.7. The van der Waals surface area contributed by atoms with Crippen molar-refractivity contribution in [3.8, 4) is 0 Å². The van der Waals surface area contributed by atoms with Gasteiger partial charge in [0.2, 0.25) is 0 Å². The molecule has 29 heavy (non-hydrogen) atoms. The van der Waals surface area contributed by atoms with E-state index in [0.717, 1.165) is 0 Å². The maximum absolute atomic E-state index is 9.86. The Morgan fingerprint density at radius 3 is 1.07 bits per heavy atom. The van der Waals surface area contributed by atoms with Crippen molar-refractivity contribution in [1.82, 2.24) is 0 Å². The first-order valence-electron chi connectivity index (χ1n) is 12.5. The van der Waals surface area contributed by atoms with Crippen LogP contribution in [0.15, 0.2) is 0 Å². The zero-order valence-corrected chi connectivity index (χ0v) is 22.3.